The Kier molecular flexibility index (Phi) is 5.22. The first-order chi connectivity index (χ1) is 15.5. The number of hydrogen-bond acceptors (Lipinski definition) is 5. The maximum atomic E-state index is 13.0. The first kappa shape index (κ1) is 20.4. The molecule has 4 heterocycles. The van der Waals surface area contributed by atoms with Crippen molar-refractivity contribution < 1.29 is 18.6 Å². The van der Waals surface area contributed by atoms with Crippen LogP contribution in [0.4, 0.5) is 20.3 Å². The summed E-state index contributed by atoms with van der Waals surface area (Å²) in [7, 11) is 0. The van der Waals surface area contributed by atoms with Crippen LogP contribution in [-0.2, 0) is 13.0 Å². The number of aryl methyl sites for hydroxylation is 2. The zero-order valence-corrected chi connectivity index (χ0v) is 17.5. The van der Waals surface area contributed by atoms with Gasteiger partial charge in [0.15, 0.2) is 0 Å². The third kappa shape index (κ3) is 3.56. The number of nitrogens with zero attached hydrogens (tertiary/aromatic N) is 4. The van der Waals surface area contributed by atoms with Crippen LogP contribution in [0.5, 0.6) is 5.75 Å². The average Bonchev–Trinajstić information content (AvgIpc) is 3.16. The molecule has 4 aromatic rings. The normalized spacial score (nSPS) is 13.6. The van der Waals surface area contributed by atoms with Crippen LogP contribution in [-0.4, -0.2) is 32.6 Å². The Labute approximate surface area is 183 Å². The van der Waals surface area contributed by atoms with Crippen LogP contribution in [0.25, 0.3) is 16.8 Å². The van der Waals surface area contributed by atoms with Gasteiger partial charge in [-0.3, -0.25) is 9.38 Å². The summed E-state index contributed by atoms with van der Waals surface area (Å²) in [6.07, 6.45) is 5.43. The highest BCUT2D eigenvalue weighted by Crippen LogP contribution is 2.40. The molecule has 1 aromatic carbocycles. The van der Waals surface area contributed by atoms with Gasteiger partial charge in [-0.15, -0.1) is 0 Å². The number of benzene rings is 1. The van der Waals surface area contributed by atoms with Crippen molar-refractivity contribution in [1.82, 2.24) is 14.4 Å². The van der Waals surface area contributed by atoms with Gasteiger partial charge in [-0.05, 0) is 49.6 Å². The molecule has 0 unspecified atom stereocenters. The first-order valence-electron chi connectivity index (χ1n) is 10.4. The van der Waals surface area contributed by atoms with Crippen molar-refractivity contribution in [3.63, 3.8) is 0 Å². The molecule has 8 heteroatoms. The molecule has 0 aliphatic carbocycles. The van der Waals surface area contributed by atoms with Crippen LogP contribution in [0.3, 0.4) is 0 Å². The first-order valence-corrected chi connectivity index (χ1v) is 10.4. The number of fused-ring (bicyclic) bond motifs is 3. The highest BCUT2D eigenvalue weighted by atomic mass is 19.3. The zero-order valence-electron chi connectivity index (χ0n) is 17.5. The molecular formula is C24H22F2N4O2. The molecule has 3 aromatic heterocycles. The summed E-state index contributed by atoms with van der Waals surface area (Å²) in [5.41, 5.74) is 5.88. The Bertz CT molecular complexity index is 1270. The van der Waals surface area contributed by atoms with E-state index in [-0.39, 0.29) is 12.4 Å². The van der Waals surface area contributed by atoms with Crippen LogP contribution in [0.15, 0.2) is 54.9 Å². The van der Waals surface area contributed by atoms with Crippen molar-refractivity contribution in [2.45, 2.75) is 33.0 Å². The van der Waals surface area contributed by atoms with E-state index in [1.165, 1.54) is 0 Å². The molecule has 0 atom stereocenters. The molecule has 164 valence electrons. The molecule has 32 heavy (non-hydrogen) atoms. The van der Waals surface area contributed by atoms with Gasteiger partial charge in [0.05, 0.1) is 23.7 Å². The molecule has 0 saturated carbocycles. The van der Waals surface area contributed by atoms with Gasteiger partial charge in [-0.2, -0.15) is 8.78 Å². The molecule has 1 aliphatic rings. The van der Waals surface area contributed by atoms with Crippen molar-refractivity contribution in [3.8, 4) is 16.9 Å². The van der Waals surface area contributed by atoms with E-state index in [4.69, 9.17) is 9.72 Å². The lowest BCUT2D eigenvalue weighted by Gasteiger charge is -2.30. The summed E-state index contributed by atoms with van der Waals surface area (Å²) < 4.78 is 32.8. The molecule has 0 saturated heterocycles. The third-order valence-electron chi connectivity index (χ3n) is 5.73. The smallest absolute Gasteiger partial charge is 0.387 e. The third-order valence-corrected chi connectivity index (χ3v) is 5.73. The molecule has 0 amide bonds. The van der Waals surface area contributed by atoms with Crippen LogP contribution >= 0.6 is 0 Å². The minimum Gasteiger partial charge on any atom is -0.433 e. The fourth-order valence-electron chi connectivity index (χ4n) is 4.28. The van der Waals surface area contributed by atoms with Gasteiger partial charge in [0.25, 0.3) is 0 Å². The van der Waals surface area contributed by atoms with E-state index in [2.05, 4.69) is 4.98 Å². The molecule has 0 spiro atoms. The molecular weight excluding hydrogens is 414 g/mol. The lowest BCUT2D eigenvalue weighted by Crippen LogP contribution is -2.26. The Balaban J connectivity index is 1.66. The molecule has 1 aliphatic heterocycles. The topological polar surface area (TPSA) is 62.9 Å². The number of pyridine rings is 2. The van der Waals surface area contributed by atoms with E-state index < -0.39 is 6.61 Å². The second-order valence-electron chi connectivity index (χ2n) is 7.78. The standard InChI is InChI=1S/C24H22F2N4O2/c1-15-11-22-28-19-5-4-10-29(20-6-2-3-7-21(20)32-24(25)26)23(19)30(22)13-18(15)16-8-9-17(14-31)27-12-16/h2-3,6-9,11-13,24,31H,4-5,10,14H2,1H3. The SMILES string of the molecule is Cc1cc2nc3c(n2cc1-c1ccc(CO)nc1)N(c1ccccc1OC(F)F)CCC3. The average molecular weight is 436 g/mol. The second-order valence-corrected chi connectivity index (χ2v) is 7.78. The van der Waals surface area contributed by atoms with Crippen molar-refractivity contribution in [2.75, 3.05) is 11.4 Å². The van der Waals surface area contributed by atoms with E-state index in [1.54, 1.807) is 30.5 Å². The van der Waals surface area contributed by atoms with Crippen molar-refractivity contribution in [2.24, 2.45) is 0 Å². The van der Waals surface area contributed by atoms with Crippen molar-refractivity contribution in [1.29, 1.82) is 0 Å². The number of imidazole rings is 1. The van der Waals surface area contributed by atoms with E-state index in [9.17, 15) is 13.9 Å². The fourth-order valence-corrected chi connectivity index (χ4v) is 4.28. The molecule has 6 nitrogen and oxygen atoms in total. The number of alkyl halides is 2. The van der Waals surface area contributed by atoms with Gasteiger partial charge in [-0.1, -0.05) is 18.2 Å². The van der Waals surface area contributed by atoms with Crippen LogP contribution in [0.1, 0.15) is 23.4 Å². The minimum absolute atomic E-state index is 0.109. The van der Waals surface area contributed by atoms with Gasteiger partial charge in [-0.25, -0.2) is 4.98 Å². The number of anilines is 2. The summed E-state index contributed by atoms with van der Waals surface area (Å²) in [5, 5.41) is 9.28. The summed E-state index contributed by atoms with van der Waals surface area (Å²) in [5.74, 6) is 0.999. The number of para-hydroxylation sites is 2. The zero-order chi connectivity index (χ0) is 22.2. The summed E-state index contributed by atoms with van der Waals surface area (Å²) in [6, 6.07) is 12.6. The Hall–Kier alpha value is -3.52. The molecule has 0 bridgehead atoms. The Morgan fingerprint density at radius 2 is 2.03 bits per heavy atom. The maximum absolute atomic E-state index is 13.0. The Morgan fingerprint density at radius 1 is 1.19 bits per heavy atom. The number of hydrogen-bond donors (Lipinski definition) is 1. The van der Waals surface area contributed by atoms with Gasteiger partial charge in [0, 0.05) is 30.1 Å². The number of halogens is 2. The molecule has 0 fully saturated rings. The number of aliphatic hydroxyl groups excluding tert-OH is 1. The van der Waals surface area contributed by atoms with Gasteiger partial charge >= 0.3 is 6.61 Å². The summed E-state index contributed by atoms with van der Waals surface area (Å²) in [4.78, 5) is 11.1. The van der Waals surface area contributed by atoms with Crippen LogP contribution in [0.2, 0.25) is 0 Å². The quantitative estimate of drug-likeness (QED) is 0.483. The van der Waals surface area contributed by atoms with E-state index in [0.717, 1.165) is 46.7 Å². The van der Waals surface area contributed by atoms with Crippen LogP contribution < -0.4 is 9.64 Å². The largest absolute Gasteiger partial charge is 0.433 e. The maximum Gasteiger partial charge on any atom is 0.387 e. The summed E-state index contributed by atoms with van der Waals surface area (Å²) >= 11 is 0. The lowest BCUT2D eigenvalue weighted by molar-refractivity contribution is -0.0494. The minimum atomic E-state index is -2.90. The second kappa shape index (κ2) is 8.20. The van der Waals surface area contributed by atoms with Gasteiger partial charge in [0.2, 0.25) is 0 Å². The van der Waals surface area contributed by atoms with Gasteiger partial charge in [0.1, 0.15) is 17.2 Å². The fraction of sp³-hybridized carbons (Fsp3) is 0.250. The highest BCUT2D eigenvalue weighted by molar-refractivity contribution is 5.75. The predicted molar refractivity (Wildman–Crippen MR) is 117 cm³/mol. The lowest BCUT2D eigenvalue weighted by atomic mass is 10.0. The van der Waals surface area contributed by atoms with Crippen LogP contribution in [0, 0.1) is 6.92 Å². The van der Waals surface area contributed by atoms with E-state index >= 15 is 0 Å². The number of rotatable bonds is 5. The predicted octanol–water partition coefficient (Wildman–Crippen LogP) is 4.88. The van der Waals surface area contributed by atoms with E-state index in [1.807, 2.05) is 40.6 Å². The highest BCUT2D eigenvalue weighted by Gasteiger charge is 2.27. The van der Waals surface area contributed by atoms with Crippen molar-refractivity contribution in [3.05, 3.63) is 71.8 Å². The number of aromatic nitrogens is 3. The molecule has 0 radical (unpaired) electrons. The van der Waals surface area contributed by atoms with Crippen molar-refractivity contribution >= 4 is 17.2 Å². The number of aliphatic hydroxyl groups is 1. The molecule has 5 rings (SSSR count). The van der Waals surface area contributed by atoms with E-state index in [0.29, 0.717) is 17.9 Å². The van der Waals surface area contributed by atoms with Gasteiger partial charge < -0.3 is 14.7 Å². The molecule has 1 N–H and O–H groups in total. The number of ether oxygens (including phenoxy) is 1. The monoisotopic (exact) mass is 436 g/mol. The Morgan fingerprint density at radius 3 is 2.78 bits per heavy atom. The summed E-state index contributed by atoms with van der Waals surface area (Å²) in [6.45, 7) is -0.318.